The summed E-state index contributed by atoms with van der Waals surface area (Å²) in [6.45, 7) is 5.88. The van der Waals surface area contributed by atoms with Crippen LogP contribution >= 0.6 is 0 Å². The monoisotopic (exact) mass is 264 g/mol. The lowest BCUT2D eigenvalue weighted by Gasteiger charge is -2.12. The summed E-state index contributed by atoms with van der Waals surface area (Å²) < 4.78 is 0. The number of aliphatic hydroxyl groups excluding tert-OH is 1. The summed E-state index contributed by atoms with van der Waals surface area (Å²) in [6, 6.07) is 9.50. The molecule has 1 atom stereocenters. The van der Waals surface area contributed by atoms with Crippen LogP contribution in [0.3, 0.4) is 0 Å². The molecule has 0 aromatic heterocycles. The molecule has 1 unspecified atom stereocenters. The lowest BCUT2D eigenvalue weighted by atomic mass is 10.1. The summed E-state index contributed by atoms with van der Waals surface area (Å²) in [5.41, 5.74) is 0.888. The predicted molar refractivity (Wildman–Crippen MR) is 76.7 cm³/mol. The second-order valence-electron chi connectivity index (χ2n) is 5.08. The molecular formula is C15H24N2O2. The van der Waals surface area contributed by atoms with Crippen molar-refractivity contribution in [2.24, 2.45) is 5.92 Å². The lowest BCUT2D eigenvalue weighted by molar-refractivity contribution is -0.121. The second-order valence-corrected chi connectivity index (χ2v) is 5.08. The smallest absolute Gasteiger partial charge is 0.221 e. The van der Waals surface area contributed by atoms with Crippen molar-refractivity contribution in [2.75, 3.05) is 19.6 Å². The molecule has 0 spiro atoms. The van der Waals surface area contributed by atoms with Gasteiger partial charge < -0.3 is 15.7 Å². The Hall–Kier alpha value is -1.39. The third-order valence-corrected chi connectivity index (χ3v) is 2.76. The van der Waals surface area contributed by atoms with E-state index in [1.807, 2.05) is 30.3 Å². The van der Waals surface area contributed by atoms with Gasteiger partial charge in [-0.1, -0.05) is 44.2 Å². The second kappa shape index (κ2) is 8.67. The fraction of sp³-hybridized carbons (Fsp3) is 0.533. The number of hydrogen-bond acceptors (Lipinski definition) is 3. The molecule has 1 aromatic carbocycles. The maximum absolute atomic E-state index is 11.4. The Morgan fingerprint density at radius 2 is 1.89 bits per heavy atom. The van der Waals surface area contributed by atoms with Gasteiger partial charge in [-0.15, -0.1) is 0 Å². The van der Waals surface area contributed by atoms with Gasteiger partial charge in [0.2, 0.25) is 5.91 Å². The normalized spacial score (nSPS) is 12.4. The van der Waals surface area contributed by atoms with E-state index in [9.17, 15) is 9.90 Å². The first-order valence-corrected chi connectivity index (χ1v) is 6.80. The summed E-state index contributed by atoms with van der Waals surface area (Å²) in [6.07, 6.45) is -0.0891. The minimum absolute atomic E-state index is 0.0513. The summed E-state index contributed by atoms with van der Waals surface area (Å²) in [4.78, 5) is 11.4. The molecule has 0 aliphatic heterocycles. The number of benzene rings is 1. The number of carbonyl (C=O) groups excluding carboxylic acids is 1. The van der Waals surface area contributed by atoms with Crippen LogP contribution in [0, 0.1) is 5.92 Å². The summed E-state index contributed by atoms with van der Waals surface area (Å²) in [5.74, 6) is 0.521. The first-order chi connectivity index (χ1) is 9.09. The van der Waals surface area contributed by atoms with E-state index in [2.05, 4.69) is 24.5 Å². The van der Waals surface area contributed by atoms with E-state index in [0.717, 1.165) is 5.56 Å². The van der Waals surface area contributed by atoms with E-state index >= 15 is 0 Å². The molecule has 0 aliphatic carbocycles. The molecule has 1 rings (SSSR count). The van der Waals surface area contributed by atoms with Crippen molar-refractivity contribution in [3.05, 3.63) is 35.9 Å². The molecule has 1 amide bonds. The van der Waals surface area contributed by atoms with Gasteiger partial charge in [-0.05, 0) is 11.5 Å². The van der Waals surface area contributed by atoms with E-state index in [0.29, 0.717) is 32.0 Å². The fourth-order valence-electron chi connectivity index (χ4n) is 1.64. The molecule has 0 saturated carbocycles. The van der Waals surface area contributed by atoms with Crippen molar-refractivity contribution in [3.8, 4) is 0 Å². The minimum atomic E-state index is -0.528. The minimum Gasteiger partial charge on any atom is -0.387 e. The van der Waals surface area contributed by atoms with E-state index in [1.165, 1.54) is 0 Å². The molecule has 0 heterocycles. The number of rotatable bonds is 8. The summed E-state index contributed by atoms with van der Waals surface area (Å²) >= 11 is 0. The molecule has 106 valence electrons. The quantitative estimate of drug-likeness (QED) is 0.623. The molecule has 19 heavy (non-hydrogen) atoms. The molecular weight excluding hydrogens is 240 g/mol. The van der Waals surface area contributed by atoms with Crippen molar-refractivity contribution in [1.82, 2.24) is 10.6 Å². The van der Waals surface area contributed by atoms with Crippen LogP contribution in [-0.2, 0) is 4.79 Å². The molecule has 0 saturated heterocycles. The molecule has 4 heteroatoms. The van der Waals surface area contributed by atoms with Gasteiger partial charge in [0.25, 0.3) is 0 Å². The third kappa shape index (κ3) is 6.94. The topological polar surface area (TPSA) is 61.4 Å². The predicted octanol–water partition coefficient (Wildman–Crippen LogP) is 1.47. The highest BCUT2D eigenvalue weighted by Crippen LogP contribution is 2.10. The number of aliphatic hydroxyl groups is 1. The SMILES string of the molecule is CC(C)CNC(=O)CCNCC(O)c1ccccc1. The van der Waals surface area contributed by atoms with Crippen LogP contribution in [0.25, 0.3) is 0 Å². The average molecular weight is 264 g/mol. The van der Waals surface area contributed by atoms with Gasteiger partial charge in [-0.25, -0.2) is 0 Å². The highest BCUT2D eigenvalue weighted by Gasteiger charge is 2.06. The first kappa shape index (κ1) is 15.7. The van der Waals surface area contributed by atoms with E-state index < -0.39 is 6.10 Å². The van der Waals surface area contributed by atoms with Gasteiger partial charge in [-0.2, -0.15) is 0 Å². The molecule has 4 nitrogen and oxygen atoms in total. The van der Waals surface area contributed by atoms with Crippen LogP contribution in [0.15, 0.2) is 30.3 Å². The highest BCUT2D eigenvalue weighted by molar-refractivity contribution is 5.76. The zero-order chi connectivity index (χ0) is 14.1. The van der Waals surface area contributed by atoms with Crippen LogP contribution in [0.4, 0.5) is 0 Å². The van der Waals surface area contributed by atoms with Crippen LogP contribution in [0.5, 0.6) is 0 Å². The zero-order valence-electron chi connectivity index (χ0n) is 11.7. The Bertz CT molecular complexity index is 366. The standard InChI is InChI=1S/C15H24N2O2/c1-12(2)10-17-15(19)8-9-16-11-14(18)13-6-4-3-5-7-13/h3-7,12,14,16,18H,8-11H2,1-2H3,(H,17,19). The van der Waals surface area contributed by atoms with Gasteiger partial charge in [0.05, 0.1) is 6.10 Å². The molecule has 1 aromatic rings. The van der Waals surface area contributed by atoms with Gasteiger partial charge in [0.1, 0.15) is 0 Å². The number of hydrogen-bond donors (Lipinski definition) is 3. The van der Waals surface area contributed by atoms with E-state index in [1.54, 1.807) is 0 Å². The Labute approximate surface area is 115 Å². The maximum Gasteiger partial charge on any atom is 0.221 e. The van der Waals surface area contributed by atoms with Gasteiger partial charge >= 0.3 is 0 Å². The lowest BCUT2D eigenvalue weighted by Crippen LogP contribution is -2.31. The zero-order valence-corrected chi connectivity index (χ0v) is 11.7. The first-order valence-electron chi connectivity index (χ1n) is 6.80. The fourth-order valence-corrected chi connectivity index (χ4v) is 1.64. The Morgan fingerprint density at radius 3 is 2.53 bits per heavy atom. The van der Waals surface area contributed by atoms with Gasteiger partial charge in [0.15, 0.2) is 0 Å². The van der Waals surface area contributed by atoms with Crippen LogP contribution in [-0.4, -0.2) is 30.6 Å². The van der Waals surface area contributed by atoms with Crippen molar-refractivity contribution < 1.29 is 9.90 Å². The van der Waals surface area contributed by atoms with Crippen LogP contribution in [0.2, 0.25) is 0 Å². The molecule has 0 fully saturated rings. The van der Waals surface area contributed by atoms with Crippen molar-refractivity contribution in [2.45, 2.75) is 26.4 Å². The number of amides is 1. The van der Waals surface area contributed by atoms with E-state index in [4.69, 9.17) is 0 Å². The third-order valence-electron chi connectivity index (χ3n) is 2.76. The molecule has 0 bridgehead atoms. The van der Waals surface area contributed by atoms with Gasteiger partial charge in [-0.3, -0.25) is 4.79 Å². The van der Waals surface area contributed by atoms with Crippen molar-refractivity contribution in [3.63, 3.8) is 0 Å². The number of nitrogens with one attached hydrogen (secondary N) is 2. The largest absolute Gasteiger partial charge is 0.387 e. The van der Waals surface area contributed by atoms with E-state index in [-0.39, 0.29) is 5.91 Å². The van der Waals surface area contributed by atoms with Crippen LogP contribution in [0.1, 0.15) is 31.9 Å². The van der Waals surface area contributed by atoms with Crippen molar-refractivity contribution >= 4 is 5.91 Å². The average Bonchev–Trinajstić information content (AvgIpc) is 2.42. The Balaban J connectivity index is 2.12. The summed E-state index contributed by atoms with van der Waals surface area (Å²) in [7, 11) is 0. The Morgan fingerprint density at radius 1 is 1.21 bits per heavy atom. The van der Waals surface area contributed by atoms with Crippen molar-refractivity contribution in [1.29, 1.82) is 0 Å². The molecule has 0 aliphatic rings. The summed E-state index contributed by atoms with van der Waals surface area (Å²) in [5, 5.41) is 15.9. The molecule has 0 radical (unpaired) electrons. The van der Waals surface area contributed by atoms with Crippen LogP contribution < -0.4 is 10.6 Å². The number of carbonyl (C=O) groups is 1. The Kier molecular flexibility index (Phi) is 7.15. The highest BCUT2D eigenvalue weighted by atomic mass is 16.3. The van der Waals surface area contributed by atoms with Gasteiger partial charge in [0, 0.05) is 26.1 Å². The molecule has 3 N–H and O–H groups in total. The maximum atomic E-state index is 11.4.